The predicted molar refractivity (Wildman–Crippen MR) is 76.6 cm³/mol. The highest BCUT2D eigenvalue weighted by atomic mass is 19.4. The Morgan fingerprint density at radius 1 is 0.955 bits per heavy atom. The average Bonchev–Trinajstić information content (AvgIpc) is 3.01. The summed E-state index contributed by atoms with van der Waals surface area (Å²) in [6.45, 7) is 0. The average molecular weight is 306 g/mol. The van der Waals surface area contributed by atoms with Gasteiger partial charge in [0.15, 0.2) is 5.84 Å². The van der Waals surface area contributed by atoms with E-state index in [1.165, 1.54) is 12.1 Å². The lowest BCUT2D eigenvalue weighted by Gasteiger charge is -2.10. The van der Waals surface area contributed by atoms with E-state index in [0.29, 0.717) is 12.3 Å². The van der Waals surface area contributed by atoms with Crippen molar-refractivity contribution in [1.29, 1.82) is 0 Å². The number of hydrazine groups is 2. The molecular formula is C15H13F3N4. The van der Waals surface area contributed by atoms with Gasteiger partial charge in [-0.3, -0.25) is 5.43 Å². The lowest BCUT2D eigenvalue weighted by molar-refractivity contribution is -0.137. The Labute approximate surface area is 125 Å². The van der Waals surface area contributed by atoms with Crippen LogP contribution < -0.4 is 16.5 Å². The van der Waals surface area contributed by atoms with Gasteiger partial charge >= 0.3 is 6.18 Å². The monoisotopic (exact) mass is 306 g/mol. The molecule has 0 saturated carbocycles. The third kappa shape index (κ3) is 3.04. The molecule has 0 saturated heterocycles. The highest BCUT2D eigenvalue weighted by Gasteiger charge is 2.29. The fraction of sp³-hybridized carbons (Fsp3) is 0.133. The summed E-state index contributed by atoms with van der Waals surface area (Å²) in [5, 5.41) is 4.05. The van der Waals surface area contributed by atoms with Gasteiger partial charge in [-0.25, -0.2) is 5.53 Å². The van der Waals surface area contributed by atoms with Gasteiger partial charge in [-0.2, -0.15) is 13.2 Å². The van der Waals surface area contributed by atoms with Crippen molar-refractivity contribution >= 4 is 5.84 Å². The summed E-state index contributed by atoms with van der Waals surface area (Å²) in [6, 6.07) is 12.8. The summed E-state index contributed by atoms with van der Waals surface area (Å²) in [7, 11) is 0. The molecule has 0 bridgehead atoms. The van der Waals surface area contributed by atoms with E-state index in [0.717, 1.165) is 28.8 Å². The number of hydrogen-bond acceptors (Lipinski definition) is 4. The lowest BCUT2D eigenvalue weighted by atomic mass is 9.98. The maximum absolute atomic E-state index is 12.6. The van der Waals surface area contributed by atoms with Crippen molar-refractivity contribution in [1.82, 2.24) is 16.5 Å². The van der Waals surface area contributed by atoms with Gasteiger partial charge in [0.05, 0.1) is 5.56 Å². The molecule has 2 aromatic carbocycles. The van der Waals surface area contributed by atoms with Gasteiger partial charge in [0.1, 0.15) is 0 Å². The first-order valence-corrected chi connectivity index (χ1v) is 6.62. The molecule has 2 aromatic rings. The van der Waals surface area contributed by atoms with Crippen molar-refractivity contribution < 1.29 is 13.2 Å². The molecule has 1 heterocycles. The molecule has 3 N–H and O–H groups in total. The van der Waals surface area contributed by atoms with Gasteiger partial charge in [0.2, 0.25) is 0 Å². The number of halogens is 3. The molecule has 0 aliphatic carbocycles. The zero-order valence-electron chi connectivity index (χ0n) is 11.4. The highest BCUT2D eigenvalue weighted by Crippen LogP contribution is 2.29. The summed E-state index contributed by atoms with van der Waals surface area (Å²) < 4.78 is 37.7. The molecule has 0 unspecified atom stereocenters. The summed E-state index contributed by atoms with van der Waals surface area (Å²) in [5.41, 5.74) is 10.1. The van der Waals surface area contributed by atoms with Crippen LogP contribution in [0.3, 0.4) is 0 Å². The summed E-state index contributed by atoms with van der Waals surface area (Å²) in [5.74, 6) is 0.641. The maximum Gasteiger partial charge on any atom is 0.416 e. The van der Waals surface area contributed by atoms with E-state index >= 15 is 0 Å². The second-order valence-electron chi connectivity index (χ2n) is 4.85. The Kier molecular flexibility index (Phi) is 3.72. The molecule has 0 aromatic heterocycles. The molecule has 114 valence electrons. The summed E-state index contributed by atoms with van der Waals surface area (Å²) in [4.78, 5) is 0. The van der Waals surface area contributed by atoms with E-state index in [2.05, 4.69) is 21.6 Å². The first kappa shape index (κ1) is 14.4. The molecule has 0 atom stereocenters. The number of nitrogens with zero attached hydrogens (tertiary/aromatic N) is 1. The lowest BCUT2D eigenvalue weighted by Crippen LogP contribution is -2.35. The van der Waals surface area contributed by atoms with Crippen molar-refractivity contribution in [2.24, 2.45) is 5.10 Å². The Morgan fingerprint density at radius 3 is 2.32 bits per heavy atom. The van der Waals surface area contributed by atoms with Crippen LogP contribution in [0.5, 0.6) is 0 Å². The highest BCUT2D eigenvalue weighted by molar-refractivity contribution is 6.00. The van der Waals surface area contributed by atoms with Crippen LogP contribution in [0.2, 0.25) is 0 Å². The summed E-state index contributed by atoms with van der Waals surface area (Å²) in [6.07, 6.45) is -3.79. The zero-order chi connectivity index (χ0) is 15.6. The number of rotatable bonds is 3. The first-order valence-electron chi connectivity index (χ1n) is 6.62. The van der Waals surface area contributed by atoms with Crippen LogP contribution in [0.4, 0.5) is 13.2 Å². The van der Waals surface area contributed by atoms with Gasteiger partial charge in [-0.15, -0.1) is 10.6 Å². The Bertz CT molecular complexity index is 693. The number of nitrogens with one attached hydrogen (secondary N) is 3. The molecule has 0 amide bonds. The summed E-state index contributed by atoms with van der Waals surface area (Å²) >= 11 is 0. The number of hydrazone groups is 1. The number of amidine groups is 1. The van der Waals surface area contributed by atoms with Crippen molar-refractivity contribution in [2.45, 2.75) is 12.6 Å². The standard InChI is InChI=1S/C15H13F3N4/c16-15(17,18)12-7-5-10(6-8-12)9-11-3-1-2-4-13(11)14-19-21-22-20-14/h1-8,21-22H,9H2,(H,19,20). The van der Waals surface area contributed by atoms with Crippen LogP contribution >= 0.6 is 0 Å². The van der Waals surface area contributed by atoms with Crippen LogP contribution in [0, 0.1) is 0 Å². The molecule has 1 aliphatic rings. The van der Waals surface area contributed by atoms with Gasteiger partial charge in [0, 0.05) is 5.56 Å². The van der Waals surface area contributed by atoms with E-state index in [9.17, 15) is 13.2 Å². The second-order valence-corrected chi connectivity index (χ2v) is 4.85. The smallest absolute Gasteiger partial charge is 0.285 e. The van der Waals surface area contributed by atoms with Crippen LogP contribution in [0.15, 0.2) is 53.6 Å². The topological polar surface area (TPSA) is 48.5 Å². The molecule has 1 aliphatic heterocycles. The molecule has 3 rings (SSSR count). The van der Waals surface area contributed by atoms with E-state index < -0.39 is 11.7 Å². The first-order chi connectivity index (χ1) is 10.5. The van der Waals surface area contributed by atoms with E-state index in [4.69, 9.17) is 0 Å². The normalized spacial score (nSPS) is 14.2. The molecule has 22 heavy (non-hydrogen) atoms. The van der Waals surface area contributed by atoms with Gasteiger partial charge in [0.25, 0.3) is 0 Å². The Morgan fingerprint density at radius 2 is 1.68 bits per heavy atom. The van der Waals surface area contributed by atoms with Gasteiger partial charge in [-0.1, -0.05) is 36.4 Å². The molecule has 4 nitrogen and oxygen atoms in total. The fourth-order valence-electron chi connectivity index (χ4n) is 2.26. The number of benzene rings is 2. The third-order valence-corrected chi connectivity index (χ3v) is 3.35. The van der Waals surface area contributed by atoms with E-state index in [1.807, 2.05) is 24.3 Å². The number of hydrogen-bond donors (Lipinski definition) is 3. The van der Waals surface area contributed by atoms with Crippen LogP contribution in [0.1, 0.15) is 22.3 Å². The van der Waals surface area contributed by atoms with E-state index in [1.54, 1.807) is 0 Å². The molecule has 7 heteroatoms. The van der Waals surface area contributed by atoms with Gasteiger partial charge in [-0.05, 0) is 29.7 Å². The zero-order valence-corrected chi connectivity index (χ0v) is 11.4. The Hall–Kier alpha value is -2.54. The van der Waals surface area contributed by atoms with Crippen LogP contribution in [-0.4, -0.2) is 5.84 Å². The van der Waals surface area contributed by atoms with Crippen molar-refractivity contribution in [3.8, 4) is 0 Å². The minimum Gasteiger partial charge on any atom is -0.285 e. The minimum absolute atomic E-state index is 0.523. The number of alkyl halides is 3. The predicted octanol–water partition coefficient (Wildman–Crippen LogP) is 2.57. The van der Waals surface area contributed by atoms with Crippen molar-refractivity contribution in [3.05, 3.63) is 70.8 Å². The molecule has 0 fully saturated rings. The van der Waals surface area contributed by atoms with Crippen molar-refractivity contribution in [2.75, 3.05) is 0 Å². The van der Waals surface area contributed by atoms with Gasteiger partial charge < -0.3 is 0 Å². The van der Waals surface area contributed by atoms with Crippen LogP contribution in [0.25, 0.3) is 0 Å². The maximum atomic E-state index is 12.6. The second kappa shape index (κ2) is 5.69. The molecule has 0 radical (unpaired) electrons. The largest absolute Gasteiger partial charge is 0.416 e. The minimum atomic E-state index is -4.31. The third-order valence-electron chi connectivity index (χ3n) is 3.35. The Balaban J connectivity index is 1.84. The van der Waals surface area contributed by atoms with Crippen LogP contribution in [-0.2, 0) is 12.6 Å². The fourth-order valence-corrected chi connectivity index (χ4v) is 2.26. The molecular weight excluding hydrogens is 293 g/mol. The van der Waals surface area contributed by atoms with E-state index in [-0.39, 0.29) is 0 Å². The van der Waals surface area contributed by atoms with Crippen molar-refractivity contribution in [3.63, 3.8) is 0 Å². The molecule has 0 spiro atoms. The SMILES string of the molecule is FC(F)(F)c1ccc(Cc2ccccc2C2=NNNN2)cc1. The quantitative estimate of drug-likeness (QED) is 0.817.